The molecule has 18 heteroatoms. The van der Waals surface area contributed by atoms with Crippen molar-refractivity contribution in [3.05, 3.63) is 28.4 Å². The molecule has 2 aliphatic carbocycles. The van der Waals surface area contributed by atoms with Gasteiger partial charge in [0.15, 0.2) is 10.1 Å². The number of alkyl halides is 5. The van der Waals surface area contributed by atoms with Crippen LogP contribution in [-0.4, -0.2) is 60.5 Å². The Balaban J connectivity index is 1.63. The lowest BCUT2D eigenvalue weighted by Crippen LogP contribution is -2.55. The maximum atomic E-state index is 13.9. The van der Waals surface area contributed by atoms with E-state index >= 15 is 0 Å². The molecule has 0 aromatic heterocycles. The number of fused-ring (bicyclic) bond motifs is 1. The highest BCUT2D eigenvalue weighted by molar-refractivity contribution is 14.1. The second-order valence-electron chi connectivity index (χ2n) is 8.64. The number of hydrogen-bond donors (Lipinski definition) is 1. The van der Waals surface area contributed by atoms with Crippen LogP contribution in [0.15, 0.2) is 12.1 Å². The predicted octanol–water partition coefficient (Wildman–Crippen LogP) is 3.02. The van der Waals surface area contributed by atoms with Gasteiger partial charge in [-0.25, -0.2) is 8.42 Å². The zero-order valence-corrected chi connectivity index (χ0v) is 24.9. The second kappa shape index (κ2) is 9.78. The average molecular weight is 890 g/mol. The number of amides is 1. The lowest BCUT2D eigenvalue weighted by Gasteiger charge is -2.34. The molecule has 1 aromatic rings. The lowest BCUT2D eigenvalue weighted by atomic mass is 9.77. The Morgan fingerprint density at radius 2 is 1.76 bits per heavy atom. The summed E-state index contributed by atoms with van der Waals surface area (Å²) in [6.07, 6.45) is -11.6. The van der Waals surface area contributed by atoms with Crippen LogP contribution in [0.25, 0.3) is 0 Å². The summed E-state index contributed by atoms with van der Waals surface area (Å²) in [5, 5.41) is -3.38. The first-order valence-electron chi connectivity index (χ1n) is 10.1. The molecule has 0 radical (unpaired) electrons. The molecule has 1 heterocycles. The fraction of sp³-hybridized carbons (Fsp3) is 0.526. The number of ether oxygens (including phenoxy) is 2. The minimum atomic E-state index is -6.89. The molecule has 7 unspecified atom stereocenters. The van der Waals surface area contributed by atoms with Gasteiger partial charge in [-0.15, -0.1) is 0 Å². The SMILES string of the molecule is O=C(NC1C2CC3C1OC(=O)C3C2C(=O)OC(C(F)(F)F)C(F)(F)S(=O)(=O)[O-])c1cc(I)cc(I)c1I. The summed E-state index contributed by atoms with van der Waals surface area (Å²) in [7, 11) is -6.89. The maximum absolute atomic E-state index is 13.9. The highest BCUT2D eigenvalue weighted by Crippen LogP contribution is 2.58. The maximum Gasteiger partial charge on any atom is 0.432 e. The molecule has 0 spiro atoms. The van der Waals surface area contributed by atoms with Crippen LogP contribution in [0.4, 0.5) is 22.0 Å². The Hall–Kier alpha value is -0.620. The van der Waals surface area contributed by atoms with Crippen LogP contribution >= 0.6 is 67.8 Å². The zero-order chi connectivity index (χ0) is 27.8. The van der Waals surface area contributed by atoms with E-state index in [9.17, 15) is 49.3 Å². The van der Waals surface area contributed by atoms with Crippen molar-refractivity contribution in [2.45, 2.75) is 36.1 Å². The first kappa shape index (κ1) is 29.4. The van der Waals surface area contributed by atoms with E-state index in [0.29, 0.717) is 3.57 Å². The van der Waals surface area contributed by atoms with Gasteiger partial charge in [0.1, 0.15) is 6.10 Å². The Labute approximate surface area is 246 Å². The molecule has 1 N–H and O–H groups in total. The number of carbonyl (C=O) groups is 3. The number of nitrogens with one attached hydrogen (secondary N) is 1. The van der Waals surface area contributed by atoms with E-state index in [1.807, 2.05) is 73.8 Å². The van der Waals surface area contributed by atoms with Crippen LogP contribution in [0.5, 0.6) is 0 Å². The van der Waals surface area contributed by atoms with Gasteiger partial charge < -0.3 is 19.3 Å². The van der Waals surface area contributed by atoms with Crippen molar-refractivity contribution in [3.63, 3.8) is 0 Å². The minimum absolute atomic E-state index is 0.0274. The Morgan fingerprint density at radius 1 is 1.14 bits per heavy atom. The smallest absolute Gasteiger partial charge is 0.432 e. The third-order valence-corrected chi connectivity index (χ3v) is 11.1. The topological polar surface area (TPSA) is 139 Å². The van der Waals surface area contributed by atoms with E-state index in [0.717, 1.165) is 7.14 Å². The minimum Gasteiger partial charge on any atom is -0.743 e. The van der Waals surface area contributed by atoms with Crippen molar-refractivity contribution in [2.75, 3.05) is 0 Å². The Bertz CT molecular complexity index is 1290. The molecule has 204 valence electrons. The summed E-state index contributed by atoms with van der Waals surface area (Å²) in [4.78, 5) is 38.3. The van der Waals surface area contributed by atoms with Crippen molar-refractivity contribution in [1.29, 1.82) is 0 Å². The number of esters is 2. The molecule has 1 saturated heterocycles. The lowest BCUT2D eigenvalue weighted by molar-refractivity contribution is -0.261. The van der Waals surface area contributed by atoms with Gasteiger partial charge in [0.2, 0.25) is 0 Å². The predicted molar refractivity (Wildman–Crippen MR) is 135 cm³/mol. The summed E-state index contributed by atoms with van der Waals surface area (Å²) in [6.45, 7) is 0. The van der Waals surface area contributed by atoms with Gasteiger partial charge in [0.05, 0.1) is 23.4 Å². The highest BCUT2D eigenvalue weighted by Gasteiger charge is 2.70. The summed E-state index contributed by atoms with van der Waals surface area (Å²) in [6, 6.07) is 2.32. The van der Waals surface area contributed by atoms with Crippen LogP contribution < -0.4 is 5.32 Å². The van der Waals surface area contributed by atoms with Gasteiger partial charge in [-0.3, -0.25) is 14.4 Å². The monoisotopic (exact) mass is 890 g/mol. The van der Waals surface area contributed by atoms with Gasteiger partial charge >= 0.3 is 23.4 Å². The van der Waals surface area contributed by atoms with Gasteiger partial charge in [-0.05, 0) is 92.2 Å². The zero-order valence-electron chi connectivity index (χ0n) is 17.6. The van der Waals surface area contributed by atoms with Gasteiger partial charge in [0, 0.05) is 16.6 Å². The van der Waals surface area contributed by atoms with E-state index in [2.05, 4.69) is 10.1 Å². The normalized spacial score (nSPS) is 29.7. The molecule has 7 atom stereocenters. The first-order chi connectivity index (χ1) is 16.9. The van der Waals surface area contributed by atoms with Crippen LogP contribution in [0.3, 0.4) is 0 Å². The molecule has 1 aliphatic heterocycles. The molecule has 1 amide bonds. The highest BCUT2D eigenvalue weighted by atomic mass is 127. The van der Waals surface area contributed by atoms with Crippen molar-refractivity contribution in [2.24, 2.45) is 23.7 Å². The Morgan fingerprint density at radius 3 is 2.32 bits per heavy atom. The number of rotatable bonds is 6. The van der Waals surface area contributed by atoms with E-state index in [-0.39, 0.29) is 12.0 Å². The molecule has 9 nitrogen and oxygen atoms in total. The van der Waals surface area contributed by atoms with Crippen LogP contribution in [0, 0.1) is 34.4 Å². The standard InChI is InChI=1S/C19H13F5I3NO8S/c20-18(21,22)17(19(23,24)37(32,33)34)36-16(31)9-5-3-6-10(9)15(30)35-13(6)12(5)28-14(29)7-1-4(25)2-8(26)11(7)27/h1-2,5-6,9-10,12-13,17H,3H2,(H,28,29)(H,32,33,34)/p-1. The van der Waals surface area contributed by atoms with Crippen molar-refractivity contribution in [3.8, 4) is 0 Å². The van der Waals surface area contributed by atoms with E-state index < -0.39 is 81.3 Å². The molecular weight excluding hydrogens is 878 g/mol. The molecule has 37 heavy (non-hydrogen) atoms. The number of benzene rings is 1. The first-order valence-corrected chi connectivity index (χ1v) is 14.8. The largest absolute Gasteiger partial charge is 0.743 e. The number of carbonyl (C=O) groups excluding carboxylic acids is 3. The molecule has 2 bridgehead atoms. The summed E-state index contributed by atoms with van der Waals surface area (Å²) in [5.41, 5.74) is 0.247. The van der Waals surface area contributed by atoms with Crippen molar-refractivity contribution in [1.82, 2.24) is 5.32 Å². The molecule has 1 aromatic carbocycles. The molecular formula is C19H12F5I3NO8S-. The van der Waals surface area contributed by atoms with Crippen LogP contribution in [0.2, 0.25) is 0 Å². The number of halogens is 8. The average Bonchev–Trinajstić information content (AvgIpc) is 3.36. The van der Waals surface area contributed by atoms with E-state index in [1.165, 1.54) is 0 Å². The van der Waals surface area contributed by atoms with E-state index in [4.69, 9.17) is 4.74 Å². The summed E-state index contributed by atoms with van der Waals surface area (Å²) < 4.78 is 111. The Kier molecular flexibility index (Phi) is 7.76. The fourth-order valence-corrected chi connectivity index (χ4v) is 8.01. The summed E-state index contributed by atoms with van der Waals surface area (Å²) in [5.74, 6) is -8.38. The quantitative estimate of drug-likeness (QED) is 0.152. The van der Waals surface area contributed by atoms with E-state index in [1.54, 1.807) is 6.07 Å². The fourth-order valence-electron chi connectivity index (χ4n) is 5.17. The molecule has 3 fully saturated rings. The summed E-state index contributed by atoms with van der Waals surface area (Å²) >= 11 is 5.94. The van der Waals surface area contributed by atoms with Crippen molar-refractivity contribution < 1.29 is 58.8 Å². The molecule has 3 aliphatic rings. The van der Waals surface area contributed by atoms with Gasteiger partial charge in [-0.2, -0.15) is 22.0 Å². The molecule has 4 rings (SSSR count). The third kappa shape index (κ3) is 5.05. The van der Waals surface area contributed by atoms with Gasteiger partial charge in [0.25, 0.3) is 12.0 Å². The number of hydrogen-bond acceptors (Lipinski definition) is 8. The third-order valence-electron chi connectivity index (χ3n) is 6.59. The van der Waals surface area contributed by atoms with Crippen LogP contribution in [-0.2, 0) is 29.2 Å². The van der Waals surface area contributed by atoms with Crippen molar-refractivity contribution >= 4 is 95.7 Å². The van der Waals surface area contributed by atoms with Crippen LogP contribution in [0.1, 0.15) is 16.8 Å². The molecule has 2 saturated carbocycles. The van der Waals surface area contributed by atoms with Gasteiger partial charge in [-0.1, -0.05) is 0 Å². The second-order valence-corrected chi connectivity index (χ2v) is 13.6.